The molecule has 0 unspecified atom stereocenters. The van der Waals surface area contributed by atoms with Gasteiger partial charge in [-0.1, -0.05) is 32.0 Å². The van der Waals surface area contributed by atoms with Crippen LogP contribution in [-0.4, -0.2) is 0 Å². The SMILES string of the molecule is C=C1Nc2ccc(Cl)cc2C1(C)C. The van der Waals surface area contributed by atoms with Crippen molar-refractivity contribution in [1.29, 1.82) is 0 Å². The number of allylic oxidation sites excluding steroid dienone is 1. The molecule has 0 saturated carbocycles. The van der Waals surface area contributed by atoms with E-state index in [2.05, 4.69) is 25.7 Å². The Balaban J connectivity index is 2.64. The van der Waals surface area contributed by atoms with E-state index in [1.807, 2.05) is 18.2 Å². The van der Waals surface area contributed by atoms with Gasteiger partial charge in [0, 0.05) is 21.8 Å². The van der Waals surface area contributed by atoms with Gasteiger partial charge in [-0.05, 0) is 23.8 Å². The minimum Gasteiger partial charge on any atom is -0.358 e. The Bertz CT molecular complexity index is 380. The third kappa shape index (κ3) is 1.15. The van der Waals surface area contributed by atoms with Crippen LogP contribution in [0.25, 0.3) is 0 Å². The topological polar surface area (TPSA) is 12.0 Å². The molecule has 68 valence electrons. The highest BCUT2D eigenvalue weighted by Gasteiger charge is 2.33. The number of hydrogen-bond acceptors (Lipinski definition) is 1. The second kappa shape index (κ2) is 2.52. The fourth-order valence-corrected chi connectivity index (χ4v) is 1.80. The first-order valence-corrected chi connectivity index (χ1v) is 4.66. The maximum absolute atomic E-state index is 5.94. The van der Waals surface area contributed by atoms with Crippen molar-refractivity contribution in [1.82, 2.24) is 0 Å². The Morgan fingerprint density at radius 3 is 2.77 bits per heavy atom. The van der Waals surface area contributed by atoms with Crippen molar-refractivity contribution < 1.29 is 0 Å². The molecule has 0 radical (unpaired) electrons. The molecule has 0 saturated heterocycles. The quantitative estimate of drug-likeness (QED) is 0.665. The zero-order chi connectivity index (χ0) is 9.64. The van der Waals surface area contributed by atoms with Crippen molar-refractivity contribution in [3.63, 3.8) is 0 Å². The van der Waals surface area contributed by atoms with Crippen LogP contribution in [0, 0.1) is 0 Å². The average Bonchev–Trinajstić information content (AvgIpc) is 2.27. The Hall–Kier alpha value is -0.950. The zero-order valence-corrected chi connectivity index (χ0v) is 8.57. The third-order valence-corrected chi connectivity index (χ3v) is 2.93. The molecule has 0 amide bonds. The minimum absolute atomic E-state index is 0.0137. The molecule has 1 N–H and O–H groups in total. The largest absolute Gasteiger partial charge is 0.358 e. The second-order valence-corrected chi connectivity index (χ2v) is 4.35. The van der Waals surface area contributed by atoms with Crippen LogP contribution < -0.4 is 5.32 Å². The van der Waals surface area contributed by atoms with Crippen LogP contribution in [0.3, 0.4) is 0 Å². The van der Waals surface area contributed by atoms with Crippen molar-refractivity contribution >= 4 is 17.3 Å². The molecule has 1 heterocycles. The highest BCUT2D eigenvalue weighted by atomic mass is 35.5. The second-order valence-electron chi connectivity index (χ2n) is 3.92. The monoisotopic (exact) mass is 193 g/mol. The van der Waals surface area contributed by atoms with Gasteiger partial charge in [0.25, 0.3) is 0 Å². The Labute approximate surface area is 83.4 Å². The van der Waals surface area contributed by atoms with Crippen LogP contribution in [0.5, 0.6) is 0 Å². The highest BCUT2D eigenvalue weighted by molar-refractivity contribution is 6.30. The molecule has 13 heavy (non-hydrogen) atoms. The first-order valence-electron chi connectivity index (χ1n) is 4.28. The normalized spacial score (nSPS) is 18.2. The van der Waals surface area contributed by atoms with Gasteiger partial charge >= 0.3 is 0 Å². The van der Waals surface area contributed by atoms with Crippen molar-refractivity contribution in [2.75, 3.05) is 5.32 Å². The van der Waals surface area contributed by atoms with E-state index in [1.165, 1.54) is 5.56 Å². The molecular weight excluding hydrogens is 182 g/mol. The molecule has 1 aliphatic rings. The summed E-state index contributed by atoms with van der Waals surface area (Å²) in [6.45, 7) is 8.28. The predicted octanol–water partition coefficient (Wildman–Crippen LogP) is 3.56. The van der Waals surface area contributed by atoms with Gasteiger partial charge in [-0.3, -0.25) is 0 Å². The van der Waals surface area contributed by atoms with E-state index < -0.39 is 0 Å². The summed E-state index contributed by atoms with van der Waals surface area (Å²) < 4.78 is 0. The summed E-state index contributed by atoms with van der Waals surface area (Å²) in [5.74, 6) is 0. The van der Waals surface area contributed by atoms with Crippen molar-refractivity contribution in [2.45, 2.75) is 19.3 Å². The van der Waals surface area contributed by atoms with E-state index >= 15 is 0 Å². The number of fused-ring (bicyclic) bond motifs is 1. The summed E-state index contributed by atoms with van der Waals surface area (Å²) in [5.41, 5.74) is 3.37. The lowest BCUT2D eigenvalue weighted by atomic mass is 9.85. The van der Waals surface area contributed by atoms with Crippen LogP contribution in [0.2, 0.25) is 5.02 Å². The van der Waals surface area contributed by atoms with E-state index in [1.54, 1.807) is 0 Å². The first kappa shape index (κ1) is 8.64. The van der Waals surface area contributed by atoms with Gasteiger partial charge in [0.2, 0.25) is 0 Å². The lowest BCUT2D eigenvalue weighted by Crippen LogP contribution is -2.15. The number of hydrogen-bond donors (Lipinski definition) is 1. The van der Waals surface area contributed by atoms with Crippen molar-refractivity contribution in [3.8, 4) is 0 Å². The number of anilines is 1. The molecule has 0 aromatic heterocycles. The number of halogens is 1. The molecule has 1 aliphatic heterocycles. The number of rotatable bonds is 0. The summed E-state index contributed by atoms with van der Waals surface area (Å²) in [5, 5.41) is 4.04. The maximum atomic E-state index is 5.94. The van der Waals surface area contributed by atoms with Crippen LogP contribution in [0.15, 0.2) is 30.5 Å². The summed E-state index contributed by atoms with van der Waals surface area (Å²) in [6, 6.07) is 5.89. The molecule has 2 heteroatoms. The molecule has 0 bridgehead atoms. The summed E-state index contributed by atoms with van der Waals surface area (Å²) in [6.07, 6.45) is 0. The van der Waals surface area contributed by atoms with Gasteiger partial charge in [-0.15, -0.1) is 0 Å². The lowest BCUT2D eigenvalue weighted by Gasteiger charge is -2.19. The van der Waals surface area contributed by atoms with Crippen molar-refractivity contribution in [2.24, 2.45) is 0 Å². The van der Waals surface area contributed by atoms with Crippen LogP contribution in [-0.2, 0) is 5.41 Å². The molecule has 0 aliphatic carbocycles. The third-order valence-electron chi connectivity index (χ3n) is 2.69. The van der Waals surface area contributed by atoms with E-state index in [4.69, 9.17) is 11.6 Å². The van der Waals surface area contributed by atoms with Crippen LogP contribution >= 0.6 is 11.6 Å². The predicted molar refractivity (Wildman–Crippen MR) is 57.2 cm³/mol. The summed E-state index contributed by atoms with van der Waals surface area (Å²) in [7, 11) is 0. The number of nitrogens with one attached hydrogen (secondary N) is 1. The fourth-order valence-electron chi connectivity index (χ4n) is 1.62. The molecular formula is C11H12ClN. The zero-order valence-electron chi connectivity index (χ0n) is 7.82. The fraction of sp³-hybridized carbons (Fsp3) is 0.273. The smallest absolute Gasteiger partial charge is 0.0425 e. The molecule has 0 fully saturated rings. The Morgan fingerprint density at radius 2 is 2.08 bits per heavy atom. The molecule has 0 spiro atoms. The first-order chi connectivity index (χ1) is 6.01. The Kier molecular flexibility index (Phi) is 1.67. The van der Waals surface area contributed by atoms with E-state index in [0.29, 0.717) is 0 Å². The molecule has 1 aromatic rings. The highest BCUT2D eigenvalue weighted by Crippen LogP contribution is 2.43. The summed E-state index contributed by atoms with van der Waals surface area (Å²) >= 11 is 5.94. The van der Waals surface area contributed by atoms with Gasteiger partial charge in [0.1, 0.15) is 0 Å². The van der Waals surface area contributed by atoms with Gasteiger partial charge in [-0.2, -0.15) is 0 Å². The van der Waals surface area contributed by atoms with Crippen LogP contribution in [0.1, 0.15) is 19.4 Å². The van der Waals surface area contributed by atoms with Gasteiger partial charge < -0.3 is 5.32 Å². The summed E-state index contributed by atoms with van der Waals surface area (Å²) in [4.78, 5) is 0. The maximum Gasteiger partial charge on any atom is 0.0425 e. The Morgan fingerprint density at radius 1 is 1.38 bits per heavy atom. The van der Waals surface area contributed by atoms with E-state index in [-0.39, 0.29) is 5.41 Å². The molecule has 0 atom stereocenters. The van der Waals surface area contributed by atoms with Crippen molar-refractivity contribution in [3.05, 3.63) is 41.1 Å². The number of benzene rings is 1. The molecule has 1 aromatic carbocycles. The molecule has 2 rings (SSSR count). The van der Waals surface area contributed by atoms with Crippen LogP contribution in [0.4, 0.5) is 5.69 Å². The lowest BCUT2D eigenvalue weighted by molar-refractivity contribution is 0.657. The van der Waals surface area contributed by atoms with E-state index in [0.717, 1.165) is 16.4 Å². The average molecular weight is 194 g/mol. The standard InChI is InChI=1S/C11H12ClN/c1-7-11(2,3)9-6-8(12)4-5-10(9)13-7/h4-6,13H,1H2,2-3H3. The molecule has 1 nitrogen and oxygen atoms in total. The van der Waals surface area contributed by atoms with Gasteiger partial charge in [0.15, 0.2) is 0 Å². The van der Waals surface area contributed by atoms with Gasteiger partial charge in [0.05, 0.1) is 0 Å². The van der Waals surface area contributed by atoms with E-state index in [9.17, 15) is 0 Å². The van der Waals surface area contributed by atoms with Gasteiger partial charge in [-0.25, -0.2) is 0 Å². The minimum atomic E-state index is -0.0137.